The summed E-state index contributed by atoms with van der Waals surface area (Å²) in [6, 6.07) is 9.47. The number of aryl methyl sites for hydroxylation is 2. The molecule has 26 heavy (non-hydrogen) atoms. The van der Waals surface area contributed by atoms with Gasteiger partial charge in [0.2, 0.25) is 15.9 Å². The lowest BCUT2D eigenvalue weighted by molar-refractivity contribution is -0.117. The second-order valence-corrected chi connectivity index (χ2v) is 7.92. The molecule has 2 rings (SSSR count). The maximum absolute atomic E-state index is 12.7. The van der Waals surface area contributed by atoms with E-state index in [1.807, 2.05) is 26.0 Å². The average molecular weight is 376 g/mol. The molecule has 6 nitrogen and oxygen atoms in total. The van der Waals surface area contributed by atoms with Gasteiger partial charge >= 0.3 is 0 Å². The summed E-state index contributed by atoms with van der Waals surface area (Å²) in [5.41, 5.74) is 3.42. The van der Waals surface area contributed by atoms with Crippen LogP contribution < -0.4 is 14.8 Å². The van der Waals surface area contributed by atoms with E-state index in [0.29, 0.717) is 5.69 Å². The van der Waals surface area contributed by atoms with Crippen LogP contribution in [0.2, 0.25) is 0 Å². The van der Waals surface area contributed by atoms with E-state index in [2.05, 4.69) is 10.0 Å². The maximum Gasteiger partial charge on any atom is 0.244 e. The van der Waals surface area contributed by atoms with Gasteiger partial charge in [-0.05, 0) is 62.6 Å². The number of carbonyl (C=O) groups is 1. The van der Waals surface area contributed by atoms with E-state index < -0.39 is 22.0 Å². The molecule has 0 saturated carbocycles. The van der Waals surface area contributed by atoms with Crippen LogP contribution in [0.15, 0.2) is 41.3 Å². The van der Waals surface area contributed by atoms with Crippen LogP contribution in [0.1, 0.15) is 23.6 Å². The Morgan fingerprint density at radius 3 is 2.46 bits per heavy atom. The number of hydrogen-bond donors (Lipinski definition) is 2. The van der Waals surface area contributed by atoms with E-state index in [1.165, 1.54) is 20.1 Å². The summed E-state index contributed by atoms with van der Waals surface area (Å²) in [7, 11) is -2.51. The Hall–Kier alpha value is -2.38. The van der Waals surface area contributed by atoms with Gasteiger partial charge in [0.15, 0.2) is 0 Å². The summed E-state index contributed by atoms with van der Waals surface area (Å²) in [6.45, 7) is 7.13. The number of anilines is 1. The van der Waals surface area contributed by atoms with Gasteiger partial charge in [-0.1, -0.05) is 18.2 Å². The highest BCUT2D eigenvalue weighted by molar-refractivity contribution is 7.89. The first-order valence-electron chi connectivity index (χ1n) is 8.19. The Bertz CT molecular complexity index is 923. The lowest BCUT2D eigenvalue weighted by Crippen LogP contribution is -2.41. The van der Waals surface area contributed by atoms with Gasteiger partial charge in [0, 0.05) is 5.69 Å². The molecule has 2 N–H and O–H groups in total. The fraction of sp³-hybridized carbons (Fsp3) is 0.316. The molecule has 0 aromatic heterocycles. The molecule has 0 fully saturated rings. The van der Waals surface area contributed by atoms with Crippen molar-refractivity contribution in [2.45, 2.75) is 38.6 Å². The normalized spacial score (nSPS) is 12.5. The second-order valence-electron chi connectivity index (χ2n) is 6.23. The largest absolute Gasteiger partial charge is 0.495 e. The number of methoxy groups -OCH3 is 1. The first-order chi connectivity index (χ1) is 12.2. The third-order valence-electron chi connectivity index (χ3n) is 4.20. The Morgan fingerprint density at radius 1 is 1.12 bits per heavy atom. The number of sulfonamides is 1. The Kier molecular flexibility index (Phi) is 6.05. The summed E-state index contributed by atoms with van der Waals surface area (Å²) in [4.78, 5) is 12.4. The molecule has 0 radical (unpaired) electrons. The summed E-state index contributed by atoms with van der Waals surface area (Å²) in [5.74, 6) is -0.209. The van der Waals surface area contributed by atoms with Crippen molar-refractivity contribution < 1.29 is 17.9 Å². The van der Waals surface area contributed by atoms with Crippen molar-refractivity contribution >= 4 is 21.6 Å². The molecule has 7 heteroatoms. The Balaban J connectivity index is 2.20. The predicted octanol–water partition coefficient (Wildman–Crippen LogP) is 2.93. The molecule has 0 spiro atoms. The molecule has 2 aromatic carbocycles. The zero-order chi connectivity index (χ0) is 19.5. The third-order valence-corrected chi connectivity index (χ3v) is 5.76. The van der Waals surface area contributed by atoms with E-state index in [1.54, 1.807) is 25.1 Å². The Morgan fingerprint density at radius 2 is 1.81 bits per heavy atom. The molecule has 0 aliphatic carbocycles. The SMILES string of the molecule is COc1ccc(C)cc1S(=O)(=O)NC(C)C(=O)Nc1cccc(C)c1C. The fourth-order valence-electron chi connectivity index (χ4n) is 2.47. The lowest BCUT2D eigenvalue weighted by Gasteiger charge is -2.17. The number of benzene rings is 2. The van der Waals surface area contributed by atoms with Crippen molar-refractivity contribution in [3.8, 4) is 5.75 Å². The number of nitrogens with one attached hydrogen (secondary N) is 2. The van der Waals surface area contributed by atoms with E-state index in [-0.39, 0.29) is 10.6 Å². The van der Waals surface area contributed by atoms with Gasteiger partial charge in [-0.15, -0.1) is 0 Å². The maximum atomic E-state index is 12.7. The minimum Gasteiger partial charge on any atom is -0.495 e. The molecule has 1 atom stereocenters. The van der Waals surface area contributed by atoms with E-state index in [9.17, 15) is 13.2 Å². The second kappa shape index (κ2) is 7.88. The number of hydrogen-bond acceptors (Lipinski definition) is 4. The molecule has 0 heterocycles. The minimum absolute atomic E-state index is 0.00591. The van der Waals surface area contributed by atoms with Crippen LogP contribution >= 0.6 is 0 Å². The summed E-state index contributed by atoms with van der Waals surface area (Å²) >= 11 is 0. The highest BCUT2D eigenvalue weighted by atomic mass is 32.2. The lowest BCUT2D eigenvalue weighted by atomic mass is 10.1. The van der Waals surface area contributed by atoms with E-state index in [0.717, 1.165) is 16.7 Å². The topological polar surface area (TPSA) is 84.5 Å². The van der Waals surface area contributed by atoms with Crippen molar-refractivity contribution in [2.24, 2.45) is 0 Å². The number of rotatable bonds is 6. The van der Waals surface area contributed by atoms with Gasteiger partial charge in [0.1, 0.15) is 10.6 Å². The molecule has 0 aliphatic heterocycles. The first kappa shape index (κ1) is 19.9. The van der Waals surface area contributed by atoms with Crippen LogP contribution in [-0.4, -0.2) is 27.5 Å². The van der Waals surface area contributed by atoms with Crippen LogP contribution in [0.3, 0.4) is 0 Å². The summed E-state index contributed by atoms with van der Waals surface area (Å²) in [5, 5.41) is 2.77. The van der Waals surface area contributed by atoms with Crippen LogP contribution in [0.4, 0.5) is 5.69 Å². The average Bonchev–Trinajstić information content (AvgIpc) is 2.58. The molecule has 140 valence electrons. The van der Waals surface area contributed by atoms with Crippen molar-refractivity contribution in [1.29, 1.82) is 0 Å². The van der Waals surface area contributed by atoms with Gasteiger partial charge < -0.3 is 10.1 Å². The summed E-state index contributed by atoms with van der Waals surface area (Å²) in [6.07, 6.45) is 0. The number of carbonyl (C=O) groups excluding carboxylic acids is 1. The molecule has 0 aliphatic rings. The van der Waals surface area contributed by atoms with Gasteiger partial charge in [0.05, 0.1) is 13.2 Å². The van der Waals surface area contributed by atoms with Crippen molar-refractivity contribution in [2.75, 3.05) is 12.4 Å². The fourth-order valence-corrected chi connectivity index (χ4v) is 3.93. The van der Waals surface area contributed by atoms with Crippen LogP contribution in [0.25, 0.3) is 0 Å². The summed E-state index contributed by atoms with van der Waals surface area (Å²) < 4.78 is 32.9. The molecule has 2 aromatic rings. The molecular weight excluding hydrogens is 352 g/mol. The van der Waals surface area contributed by atoms with Gasteiger partial charge in [-0.3, -0.25) is 4.79 Å². The smallest absolute Gasteiger partial charge is 0.244 e. The van der Waals surface area contributed by atoms with Crippen molar-refractivity contribution in [3.05, 3.63) is 53.1 Å². The van der Waals surface area contributed by atoms with Gasteiger partial charge in [0.25, 0.3) is 0 Å². The van der Waals surface area contributed by atoms with Crippen LogP contribution in [-0.2, 0) is 14.8 Å². The molecule has 1 amide bonds. The van der Waals surface area contributed by atoms with Gasteiger partial charge in [-0.2, -0.15) is 4.72 Å². The highest BCUT2D eigenvalue weighted by Crippen LogP contribution is 2.25. The quantitative estimate of drug-likeness (QED) is 0.812. The van der Waals surface area contributed by atoms with E-state index >= 15 is 0 Å². The monoisotopic (exact) mass is 376 g/mol. The zero-order valence-corrected chi connectivity index (χ0v) is 16.4. The van der Waals surface area contributed by atoms with Gasteiger partial charge in [-0.25, -0.2) is 8.42 Å². The molecule has 1 unspecified atom stereocenters. The standard InChI is InChI=1S/C19H24N2O4S/c1-12-9-10-17(25-5)18(11-12)26(23,24)21-15(4)19(22)20-16-8-6-7-13(2)14(16)3/h6-11,15,21H,1-5H3,(H,20,22). The molecule has 0 bridgehead atoms. The van der Waals surface area contributed by atoms with Crippen LogP contribution in [0.5, 0.6) is 5.75 Å². The first-order valence-corrected chi connectivity index (χ1v) is 9.68. The van der Waals surface area contributed by atoms with E-state index in [4.69, 9.17) is 4.74 Å². The third kappa shape index (κ3) is 4.42. The number of amides is 1. The van der Waals surface area contributed by atoms with Crippen molar-refractivity contribution in [1.82, 2.24) is 4.72 Å². The molecule has 0 saturated heterocycles. The minimum atomic E-state index is -3.92. The zero-order valence-electron chi connectivity index (χ0n) is 15.6. The number of ether oxygens (including phenoxy) is 1. The predicted molar refractivity (Wildman–Crippen MR) is 102 cm³/mol. The van der Waals surface area contributed by atoms with Crippen LogP contribution in [0, 0.1) is 20.8 Å². The highest BCUT2D eigenvalue weighted by Gasteiger charge is 2.25. The Labute approximate surface area is 154 Å². The van der Waals surface area contributed by atoms with Crippen molar-refractivity contribution in [3.63, 3.8) is 0 Å². The molecular formula is C19H24N2O4S.